The maximum absolute atomic E-state index is 12.8. The van der Waals surface area contributed by atoms with E-state index in [1.165, 1.54) is 31.2 Å². The number of pyridine rings is 1. The molecule has 0 atom stereocenters. The summed E-state index contributed by atoms with van der Waals surface area (Å²) in [5.74, 6) is 0.363. The quantitative estimate of drug-likeness (QED) is 0.448. The molecule has 1 amide bonds. The van der Waals surface area contributed by atoms with E-state index < -0.39 is 10.0 Å². The second-order valence-electron chi connectivity index (χ2n) is 7.12. The number of carbonyl (C=O) groups excluding carboxylic acids is 1. The summed E-state index contributed by atoms with van der Waals surface area (Å²) in [5, 5.41) is 3.30. The molecule has 0 fully saturated rings. The third-order valence-electron chi connectivity index (χ3n) is 4.80. The van der Waals surface area contributed by atoms with Gasteiger partial charge in [0.25, 0.3) is 10.0 Å². The van der Waals surface area contributed by atoms with E-state index in [0.29, 0.717) is 28.0 Å². The van der Waals surface area contributed by atoms with Gasteiger partial charge in [-0.2, -0.15) is 0 Å². The fourth-order valence-electron chi connectivity index (χ4n) is 3.32. The maximum atomic E-state index is 12.8. The van der Waals surface area contributed by atoms with Crippen LogP contribution < -0.4 is 14.8 Å². The van der Waals surface area contributed by atoms with Crippen LogP contribution in [0.1, 0.15) is 6.92 Å². The molecule has 0 aliphatic rings. The van der Waals surface area contributed by atoms with Crippen LogP contribution in [0.15, 0.2) is 83.8 Å². The zero-order valence-electron chi connectivity index (χ0n) is 17.5. The van der Waals surface area contributed by atoms with Crippen LogP contribution in [0.25, 0.3) is 22.2 Å². The van der Waals surface area contributed by atoms with Gasteiger partial charge in [0.05, 0.1) is 23.2 Å². The number of carbonyl (C=O) groups is 1. The number of aromatic nitrogens is 1. The monoisotopic (exact) mass is 447 g/mol. The highest BCUT2D eigenvalue weighted by Crippen LogP contribution is 2.32. The van der Waals surface area contributed by atoms with Gasteiger partial charge in [0.1, 0.15) is 5.75 Å². The third kappa shape index (κ3) is 4.55. The van der Waals surface area contributed by atoms with Crippen LogP contribution in [0.4, 0.5) is 11.4 Å². The van der Waals surface area contributed by atoms with Crippen LogP contribution in [-0.2, 0) is 14.8 Å². The lowest BCUT2D eigenvalue weighted by molar-refractivity contribution is -0.114. The van der Waals surface area contributed by atoms with Gasteiger partial charge < -0.3 is 10.1 Å². The minimum absolute atomic E-state index is 0.0798. The molecule has 4 aromatic rings. The lowest BCUT2D eigenvalue weighted by atomic mass is 10.1. The van der Waals surface area contributed by atoms with E-state index in [1.54, 1.807) is 25.3 Å². The number of nitrogens with one attached hydrogen (secondary N) is 2. The molecule has 0 aliphatic heterocycles. The highest BCUT2D eigenvalue weighted by molar-refractivity contribution is 7.92. The Bertz CT molecular complexity index is 1390. The van der Waals surface area contributed by atoms with E-state index in [1.807, 2.05) is 36.4 Å². The first-order valence-corrected chi connectivity index (χ1v) is 11.3. The predicted octanol–water partition coefficient (Wildman–Crippen LogP) is 4.67. The van der Waals surface area contributed by atoms with Gasteiger partial charge in [0, 0.05) is 35.3 Å². The Morgan fingerprint density at radius 3 is 2.25 bits per heavy atom. The smallest absolute Gasteiger partial charge is 0.261 e. The fraction of sp³-hybridized carbons (Fsp3) is 0.0833. The summed E-state index contributed by atoms with van der Waals surface area (Å²) in [6, 6.07) is 22.6. The summed E-state index contributed by atoms with van der Waals surface area (Å²) in [6.07, 6.45) is 0. The Morgan fingerprint density at radius 2 is 1.59 bits per heavy atom. The zero-order chi connectivity index (χ0) is 22.7. The Labute approximate surface area is 186 Å². The molecule has 0 unspecified atom stereocenters. The van der Waals surface area contributed by atoms with E-state index in [4.69, 9.17) is 9.72 Å². The fourth-order valence-corrected chi connectivity index (χ4v) is 4.37. The van der Waals surface area contributed by atoms with E-state index in [0.717, 1.165) is 11.3 Å². The van der Waals surface area contributed by atoms with Crippen LogP contribution in [0.3, 0.4) is 0 Å². The molecule has 0 bridgehead atoms. The number of anilines is 2. The zero-order valence-corrected chi connectivity index (χ0v) is 18.3. The molecule has 32 heavy (non-hydrogen) atoms. The molecule has 0 aliphatic carbocycles. The minimum Gasteiger partial charge on any atom is -0.496 e. The Balaban J connectivity index is 1.65. The lowest BCUT2D eigenvalue weighted by Gasteiger charge is -2.12. The molecule has 162 valence electrons. The second-order valence-corrected chi connectivity index (χ2v) is 8.80. The van der Waals surface area contributed by atoms with Crippen molar-refractivity contribution in [1.82, 2.24) is 4.98 Å². The summed E-state index contributed by atoms with van der Waals surface area (Å²) < 4.78 is 33.8. The number of ether oxygens (including phenoxy) is 1. The molecular weight excluding hydrogens is 426 g/mol. The molecule has 3 aromatic carbocycles. The second kappa shape index (κ2) is 8.68. The number of fused-ring (bicyclic) bond motifs is 1. The minimum atomic E-state index is -3.82. The van der Waals surface area contributed by atoms with Crippen molar-refractivity contribution >= 4 is 38.2 Å². The van der Waals surface area contributed by atoms with Gasteiger partial charge in [0.2, 0.25) is 5.91 Å². The average Bonchev–Trinajstić information content (AvgIpc) is 2.78. The van der Waals surface area contributed by atoms with Crippen molar-refractivity contribution in [3.8, 4) is 17.0 Å². The molecule has 0 saturated heterocycles. The largest absolute Gasteiger partial charge is 0.496 e. The molecule has 0 saturated carbocycles. The molecule has 0 radical (unpaired) electrons. The van der Waals surface area contributed by atoms with Crippen molar-refractivity contribution in [2.24, 2.45) is 0 Å². The normalized spacial score (nSPS) is 11.2. The van der Waals surface area contributed by atoms with Crippen molar-refractivity contribution in [2.75, 3.05) is 17.1 Å². The summed E-state index contributed by atoms with van der Waals surface area (Å²) >= 11 is 0. The van der Waals surface area contributed by atoms with E-state index >= 15 is 0 Å². The van der Waals surface area contributed by atoms with Gasteiger partial charge in [-0.15, -0.1) is 0 Å². The van der Waals surface area contributed by atoms with Gasteiger partial charge >= 0.3 is 0 Å². The SMILES string of the molecule is COc1cc(-c2ccccc2)nc2ccc(NS(=O)(=O)c3ccc(NC(C)=O)cc3)cc12. The van der Waals surface area contributed by atoms with Crippen molar-refractivity contribution in [2.45, 2.75) is 11.8 Å². The first-order valence-electron chi connectivity index (χ1n) is 9.80. The highest BCUT2D eigenvalue weighted by Gasteiger charge is 2.16. The predicted molar refractivity (Wildman–Crippen MR) is 125 cm³/mol. The maximum Gasteiger partial charge on any atom is 0.261 e. The molecule has 0 spiro atoms. The van der Waals surface area contributed by atoms with Gasteiger partial charge in [0.15, 0.2) is 0 Å². The first-order chi connectivity index (χ1) is 15.4. The van der Waals surface area contributed by atoms with Crippen molar-refractivity contribution in [3.05, 3.63) is 78.9 Å². The van der Waals surface area contributed by atoms with Crippen LogP contribution in [0, 0.1) is 0 Å². The van der Waals surface area contributed by atoms with Gasteiger partial charge in [-0.05, 0) is 42.5 Å². The van der Waals surface area contributed by atoms with Crippen LogP contribution in [-0.4, -0.2) is 26.4 Å². The molecule has 7 nitrogen and oxygen atoms in total. The molecule has 4 rings (SSSR count). The summed E-state index contributed by atoms with van der Waals surface area (Å²) in [4.78, 5) is 15.9. The van der Waals surface area contributed by atoms with E-state index in [9.17, 15) is 13.2 Å². The number of nitrogens with zero attached hydrogens (tertiary/aromatic N) is 1. The number of amides is 1. The Kier molecular flexibility index (Phi) is 5.79. The number of hydrogen-bond donors (Lipinski definition) is 2. The van der Waals surface area contributed by atoms with Gasteiger partial charge in [-0.3, -0.25) is 9.52 Å². The first kappa shape index (κ1) is 21.3. The van der Waals surface area contributed by atoms with Crippen molar-refractivity contribution in [1.29, 1.82) is 0 Å². The standard InChI is InChI=1S/C24H21N3O4S/c1-16(28)25-18-8-11-20(12-9-18)32(29,30)27-19-10-13-22-21(14-19)24(31-2)15-23(26-22)17-6-4-3-5-7-17/h3-15,27H,1-2H3,(H,25,28). The highest BCUT2D eigenvalue weighted by atomic mass is 32.2. The molecule has 2 N–H and O–H groups in total. The van der Waals surface area contributed by atoms with Crippen molar-refractivity contribution in [3.63, 3.8) is 0 Å². The Morgan fingerprint density at radius 1 is 0.906 bits per heavy atom. The summed E-state index contributed by atoms with van der Waals surface area (Å²) in [5.41, 5.74) is 3.32. The molecule has 1 heterocycles. The van der Waals surface area contributed by atoms with Crippen LogP contribution in [0.5, 0.6) is 5.75 Å². The molecule has 1 aromatic heterocycles. The molecular formula is C24H21N3O4S. The third-order valence-corrected chi connectivity index (χ3v) is 6.19. The van der Waals surface area contributed by atoms with Gasteiger partial charge in [-0.1, -0.05) is 30.3 Å². The molecule has 8 heteroatoms. The summed E-state index contributed by atoms with van der Waals surface area (Å²) in [7, 11) is -2.26. The number of benzene rings is 3. The van der Waals surface area contributed by atoms with Crippen LogP contribution in [0.2, 0.25) is 0 Å². The van der Waals surface area contributed by atoms with Crippen LogP contribution >= 0.6 is 0 Å². The topological polar surface area (TPSA) is 97.4 Å². The number of methoxy groups -OCH3 is 1. The summed E-state index contributed by atoms with van der Waals surface area (Å²) in [6.45, 7) is 1.39. The van der Waals surface area contributed by atoms with Gasteiger partial charge in [-0.25, -0.2) is 13.4 Å². The van der Waals surface area contributed by atoms with E-state index in [2.05, 4.69) is 10.0 Å². The lowest BCUT2D eigenvalue weighted by Crippen LogP contribution is -2.13. The Hall–Kier alpha value is -3.91. The average molecular weight is 448 g/mol. The number of rotatable bonds is 6. The number of hydrogen-bond acceptors (Lipinski definition) is 5. The number of sulfonamides is 1. The van der Waals surface area contributed by atoms with Crippen molar-refractivity contribution < 1.29 is 17.9 Å². The van der Waals surface area contributed by atoms with E-state index in [-0.39, 0.29) is 10.8 Å².